The first-order valence-electron chi connectivity index (χ1n) is 21.9. The van der Waals surface area contributed by atoms with Crippen molar-refractivity contribution in [3.63, 3.8) is 0 Å². The van der Waals surface area contributed by atoms with Crippen LogP contribution in [0.5, 0.6) is 0 Å². The van der Waals surface area contributed by atoms with Crippen molar-refractivity contribution in [3.05, 3.63) is 11.6 Å². The van der Waals surface area contributed by atoms with Crippen LogP contribution in [0.15, 0.2) is 11.6 Å². The predicted molar refractivity (Wildman–Crippen MR) is 201 cm³/mol. The number of methoxy groups -OCH3 is 1. The molecule has 8 fully saturated rings. The van der Waals surface area contributed by atoms with Crippen molar-refractivity contribution in [2.24, 2.45) is 28.6 Å². The van der Waals surface area contributed by atoms with E-state index in [2.05, 4.69) is 13.8 Å². The summed E-state index contributed by atoms with van der Waals surface area (Å²) in [5, 5.41) is 84.1. The molecule has 5 aliphatic heterocycles. The van der Waals surface area contributed by atoms with E-state index in [1.807, 2.05) is 0 Å². The van der Waals surface area contributed by atoms with Gasteiger partial charge in [0, 0.05) is 18.6 Å². The Balaban J connectivity index is 0.812. The number of rotatable bonds is 10. The van der Waals surface area contributed by atoms with Crippen molar-refractivity contribution in [3.8, 4) is 0 Å². The number of epoxide rings is 1. The number of carbonyl (C=O) groups is 1. The normalized spacial score (nSPS) is 56.2. The van der Waals surface area contributed by atoms with E-state index < -0.39 is 105 Å². The summed E-state index contributed by atoms with van der Waals surface area (Å²) in [5.41, 5.74) is 0.869. The van der Waals surface area contributed by atoms with Crippen LogP contribution in [0.3, 0.4) is 0 Å². The molecule has 340 valence electrons. The number of cyclic esters (lactones) is 1. The van der Waals surface area contributed by atoms with Crippen LogP contribution in [0.2, 0.25) is 0 Å². The summed E-state index contributed by atoms with van der Waals surface area (Å²) >= 11 is 0. The van der Waals surface area contributed by atoms with Crippen LogP contribution in [0.4, 0.5) is 0 Å². The number of esters is 1. The smallest absolute Gasteiger partial charge is 0.331 e. The second kappa shape index (κ2) is 15.9. The molecule has 18 nitrogen and oxygen atoms in total. The van der Waals surface area contributed by atoms with Gasteiger partial charge in [-0.3, -0.25) is 0 Å². The molecule has 9 aliphatic rings. The van der Waals surface area contributed by atoms with E-state index in [-0.39, 0.29) is 34.1 Å². The Kier molecular flexibility index (Phi) is 11.6. The Hall–Kier alpha value is -1.43. The van der Waals surface area contributed by atoms with Gasteiger partial charge in [-0.2, -0.15) is 0 Å². The summed E-state index contributed by atoms with van der Waals surface area (Å²) in [6, 6.07) is 0. The molecule has 0 amide bonds. The van der Waals surface area contributed by atoms with Crippen molar-refractivity contribution in [2.75, 3.05) is 26.9 Å². The molecule has 23 unspecified atom stereocenters. The van der Waals surface area contributed by atoms with Gasteiger partial charge in [-0.15, -0.1) is 0 Å². The molecule has 18 heteroatoms. The number of hydrogen-bond donors (Lipinski definition) is 8. The number of carbonyl (C=O) groups excluding carboxylic acids is 1. The highest BCUT2D eigenvalue weighted by atomic mass is 16.8. The quantitative estimate of drug-likeness (QED) is 0.0738. The zero-order chi connectivity index (χ0) is 42.7. The molecule has 4 aliphatic carbocycles. The Bertz CT molecular complexity index is 1630. The fourth-order valence-electron chi connectivity index (χ4n) is 13.5. The first-order chi connectivity index (χ1) is 28.5. The van der Waals surface area contributed by atoms with Gasteiger partial charge >= 0.3 is 5.97 Å². The Labute approximate surface area is 348 Å². The molecule has 0 radical (unpaired) electrons. The zero-order valence-electron chi connectivity index (χ0n) is 34.7. The van der Waals surface area contributed by atoms with Gasteiger partial charge in [0.25, 0.3) is 0 Å². The van der Waals surface area contributed by atoms with Gasteiger partial charge in [0.05, 0.1) is 25.4 Å². The molecular weight excluding hydrogens is 792 g/mol. The molecule has 5 heterocycles. The summed E-state index contributed by atoms with van der Waals surface area (Å²) in [5.74, 6) is 0.889. The number of ether oxygens (including phenoxy) is 9. The third-order valence-corrected chi connectivity index (χ3v) is 16.8. The Morgan fingerprint density at radius 1 is 0.750 bits per heavy atom. The minimum absolute atomic E-state index is 0.0207. The lowest BCUT2D eigenvalue weighted by Crippen LogP contribution is -2.65. The lowest BCUT2D eigenvalue weighted by molar-refractivity contribution is -0.367. The molecule has 9 rings (SSSR count). The first kappa shape index (κ1) is 43.8. The molecule has 4 saturated heterocycles. The van der Waals surface area contributed by atoms with E-state index in [1.165, 1.54) is 7.11 Å². The van der Waals surface area contributed by atoms with Gasteiger partial charge in [-0.05, 0) is 93.5 Å². The lowest BCUT2D eigenvalue weighted by Gasteiger charge is -2.58. The van der Waals surface area contributed by atoms with Crippen LogP contribution < -0.4 is 0 Å². The zero-order valence-corrected chi connectivity index (χ0v) is 34.7. The Morgan fingerprint density at radius 2 is 1.45 bits per heavy atom. The highest BCUT2D eigenvalue weighted by molar-refractivity contribution is 5.85. The molecule has 23 atom stereocenters. The number of hydrogen-bond acceptors (Lipinski definition) is 18. The van der Waals surface area contributed by atoms with Crippen molar-refractivity contribution < 1.29 is 88.3 Å². The van der Waals surface area contributed by atoms with E-state index in [0.717, 1.165) is 63.4 Å². The summed E-state index contributed by atoms with van der Waals surface area (Å²) < 4.78 is 53.9. The van der Waals surface area contributed by atoms with Gasteiger partial charge < -0.3 is 83.5 Å². The second-order valence-electron chi connectivity index (χ2n) is 19.6. The molecule has 60 heavy (non-hydrogen) atoms. The van der Waals surface area contributed by atoms with Gasteiger partial charge in [0.1, 0.15) is 85.0 Å². The molecule has 0 aromatic carbocycles. The second-order valence-corrected chi connectivity index (χ2v) is 19.6. The first-order valence-corrected chi connectivity index (χ1v) is 21.9. The van der Waals surface area contributed by atoms with E-state index in [0.29, 0.717) is 24.4 Å². The third kappa shape index (κ3) is 6.61. The molecule has 0 aromatic heterocycles. The molecule has 0 aromatic rings. The summed E-state index contributed by atoms with van der Waals surface area (Å²) in [6.07, 6.45) is -10.7. The van der Waals surface area contributed by atoms with E-state index in [1.54, 1.807) is 13.0 Å². The van der Waals surface area contributed by atoms with Crippen LogP contribution in [0.1, 0.15) is 78.6 Å². The monoisotopic (exact) mass is 856 g/mol. The van der Waals surface area contributed by atoms with Crippen molar-refractivity contribution >= 4 is 5.97 Å². The molecular formula is C42H64O18. The van der Waals surface area contributed by atoms with Crippen molar-refractivity contribution in [2.45, 2.75) is 188 Å². The fraction of sp³-hybridized carbons (Fsp3) is 0.929. The summed E-state index contributed by atoms with van der Waals surface area (Å²) in [6.45, 7) is 5.74. The SMILES string of the molecule is COC1C(O)C(OC2CCC3(C)C(CCC45OC46CCC(C4=CC(=O)OC4)C6(C)CCC35)C2)OC(C)C1OC1OC(COC2OC(CO)C(O)C(O)C2O)C(O)C(O)C1O. The van der Waals surface area contributed by atoms with Gasteiger partial charge in [0.15, 0.2) is 18.9 Å². The van der Waals surface area contributed by atoms with Crippen molar-refractivity contribution in [1.82, 2.24) is 0 Å². The fourth-order valence-corrected chi connectivity index (χ4v) is 13.5. The molecule has 2 spiro atoms. The van der Waals surface area contributed by atoms with E-state index >= 15 is 0 Å². The maximum absolute atomic E-state index is 12.0. The van der Waals surface area contributed by atoms with E-state index in [4.69, 9.17) is 42.6 Å². The van der Waals surface area contributed by atoms with Gasteiger partial charge in [-0.25, -0.2) is 4.79 Å². The number of fused-ring (bicyclic) bond motifs is 2. The van der Waals surface area contributed by atoms with Crippen LogP contribution in [0, 0.1) is 28.6 Å². The minimum Gasteiger partial charge on any atom is -0.458 e. The predicted octanol–water partition coefficient (Wildman–Crippen LogP) is -1.08. The largest absolute Gasteiger partial charge is 0.458 e. The van der Waals surface area contributed by atoms with Crippen LogP contribution in [-0.4, -0.2) is 183 Å². The summed E-state index contributed by atoms with van der Waals surface area (Å²) in [4.78, 5) is 12.0. The highest BCUT2D eigenvalue weighted by Crippen LogP contribution is 2.81. The van der Waals surface area contributed by atoms with Gasteiger partial charge in [-0.1, -0.05) is 13.8 Å². The average molecular weight is 857 g/mol. The topological polar surface area (TPSA) is 265 Å². The Morgan fingerprint density at radius 3 is 2.15 bits per heavy atom. The maximum Gasteiger partial charge on any atom is 0.331 e. The molecule has 8 N–H and O–H groups in total. The lowest BCUT2D eigenvalue weighted by atomic mass is 9.44. The van der Waals surface area contributed by atoms with Gasteiger partial charge in [0.2, 0.25) is 0 Å². The molecule has 0 bridgehead atoms. The van der Waals surface area contributed by atoms with Crippen molar-refractivity contribution in [1.29, 1.82) is 0 Å². The highest BCUT2D eigenvalue weighted by Gasteiger charge is 2.86. The molecule has 4 saturated carbocycles. The summed E-state index contributed by atoms with van der Waals surface area (Å²) in [7, 11) is 1.41. The number of aliphatic hydroxyl groups is 8. The minimum atomic E-state index is -1.76. The maximum atomic E-state index is 12.0. The third-order valence-electron chi connectivity index (χ3n) is 16.8. The van der Waals surface area contributed by atoms with E-state index in [9.17, 15) is 45.6 Å². The van der Waals surface area contributed by atoms with Crippen LogP contribution >= 0.6 is 0 Å². The standard InChI is InChI=1S/C42H64O18/c1-18-34(59-37-32(50)30(48)28(46)24(58-37)17-54-36-31(49)29(47)27(45)23(15-43)57-36)35(52-4)33(51)38(55-18)56-21-6-9-39(2)20(14-21)5-11-41-25(39)8-10-40(3)22(7-12-42(40,41)60-41)19-13-26(44)53-16-19/h13,18,20-25,27-38,43,45-51H,5-12,14-17H2,1-4H3. The number of aliphatic hydroxyl groups excluding tert-OH is 8. The van der Waals surface area contributed by atoms with Crippen LogP contribution in [0.25, 0.3) is 0 Å². The van der Waals surface area contributed by atoms with Crippen LogP contribution in [-0.2, 0) is 47.4 Å². The average Bonchev–Trinajstić information content (AvgIpc) is 3.54.